The number of rotatable bonds is 7. The molecule has 10 heteroatoms. The van der Waals surface area contributed by atoms with E-state index in [4.69, 9.17) is 26.1 Å². The van der Waals surface area contributed by atoms with Gasteiger partial charge in [-0.3, -0.25) is 4.90 Å². The van der Waals surface area contributed by atoms with Gasteiger partial charge in [-0.25, -0.2) is 4.39 Å². The number of aromatic hydroxyl groups is 1. The summed E-state index contributed by atoms with van der Waals surface area (Å²) in [5.74, 6) is 0.319. The van der Waals surface area contributed by atoms with Crippen molar-refractivity contribution in [3.63, 3.8) is 0 Å². The van der Waals surface area contributed by atoms with Crippen LogP contribution in [0.3, 0.4) is 0 Å². The Morgan fingerprint density at radius 1 is 1.09 bits per heavy atom. The Kier molecular flexibility index (Phi) is 7.99. The Balaban J connectivity index is 1.28. The molecule has 3 aromatic carbocycles. The predicted octanol–water partition coefficient (Wildman–Crippen LogP) is 6.01. The minimum Gasteiger partial charge on any atom is -0.508 e. The van der Waals surface area contributed by atoms with E-state index in [0.717, 1.165) is 56.4 Å². The van der Waals surface area contributed by atoms with E-state index in [1.165, 1.54) is 0 Å². The fourth-order valence-electron chi connectivity index (χ4n) is 7.08. The van der Waals surface area contributed by atoms with Crippen molar-refractivity contribution in [3.8, 4) is 22.9 Å². The summed E-state index contributed by atoms with van der Waals surface area (Å²) in [7, 11) is 0. The zero-order valence-corrected chi connectivity index (χ0v) is 26.1. The topological polar surface area (TPSA) is 83.0 Å². The summed E-state index contributed by atoms with van der Waals surface area (Å²) in [6, 6.07) is 13.8. The Bertz CT molecular complexity index is 1690. The normalized spacial score (nSPS) is 24.7. The fourth-order valence-corrected chi connectivity index (χ4v) is 7.37. The average molecular weight is 620 g/mol. The van der Waals surface area contributed by atoms with E-state index >= 15 is 4.39 Å². The molecule has 7 rings (SSSR count). The first-order valence-electron chi connectivity index (χ1n) is 15.6. The number of piperazine rings is 1. The quantitative estimate of drug-likeness (QED) is 0.260. The van der Waals surface area contributed by atoms with Crippen molar-refractivity contribution in [2.24, 2.45) is 5.92 Å². The minimum atomic E-state index is -0.556. The fraction of sp³-hybridized carbons (Fsp3) is 0.471. The van der Waals surface area contributed by atoms with E-state index in [1.54, 1.807) is 18.2 Å². The van der Waals surface area contributed by atoms with Crippen LogP contribution >= 0.6 is 11.6 Å². The van der Waals surface area contributed by atoms with Crippen LogP contribution in [0, 0.1) is 11.7 Å². The van der Waals surface area contributed by atoms with Gasteiger partial charge in [0.1, 0.15) is 17.1 Å². The smallest absolute Gasteiger partial charge is 0.319 e. The molecule has 2 N–H and O–H groups in total. The van der Waals surface area contributed by atoms with E-state index < -0.39 is 5.82 Å². The zero-order chi connectivity index (χ0) is 30.5. The lowest BCUT2D eigenvalue weighted by molar-refractivity contribution is -0.0551. The van der Waals surface area contributed by atoms with Crippen LogP contribution in [0.15, 0.2) is 42.5 Å². The number of halogens is 2. The molecular weight excluding hydrogens is 581 g/mol. The van der Waals surface area contributed by atoms with Gasteiger partial charge in [-0.2, -0.15) is 9.97 Å². The average Bonchev–Trinajstić information content (AvgIpc) is 3.34. The molecule has 0 aliphatic carbocycles. The molecule has 0 amide bonds. The molecule has 3 aliphatic rings. The summed E-state index contributed by atoms with van der Waals surface area (Å²) in [6.07, 6.45) is 2.41. The first-order chi connectivity index (χ1) is 21.2. The Hall–Kier alpha value is -3.24. The highest BCUT2D eigenvalue weighted by molar-refractivity contribution is 6.35. The third-order valence-electron chi connectivity index (χ3n) is 9.25. The van der Waals surface area contributed by atoms with Crippen molar-refractivity contribution in [1.82, 2.24) is 20.2 Å². The number of phenols is 1. The number of benzene rings is 3. The number of hydrogen-bond donors (Lipinski definition) is 2. The van der Waals surface area contributed by atoms with Gasteiger partial charge in [0.05, 0.1) is 24.3 Å². The molecule has 3 aliphatic heterocycles. The number of ether oxygens (including phenoxy) is 2. The summed E-state index contributed by atoms with van der Waals surface area (Å²) in [6.45, 7) is 10.8. The van der Waals surface area contributed by atoms with Crippen molar-refractivity contribution in [3.05, 3.63) is 53.3 Å². The van der Waals surface area contributed by atoms with E-state index in [1.807, 2.05) is 24.3 Å². The molecule has 3 fully saturated rings. The SMILES string of the molecule is C[C@@H](COc1nc(N2CC3CCC(C2)N3)c2cc(Cl)c(-c3cc(O)cc4ccccc34)c(F)c2n1)CN1C[C@@H](C)OC[C@@H]1C. The highest BCUT2D eigenvalue weighted by Crippen LogP contribution is 2.43. The second kappa shape index (κ2) is 11.9. The lowest BCUT2D eigenvalue weighted by atomic mass is 9.96. The van der Waals surface area contributed by atoms with Crippen LogP contribution < -0.4 is 15.0 Å². The molecule has 4 heterocycles. The number of phenolic OH excluding ortho intramolecular Hbond substituents is 1. The zero-order valence-electron chi connectivity index (χ0n) is 25.4. The number of anilines is 1. The van der Waals surface area contributed by atoms with Crippen LogP contribution in [-0.2, 0) is 4.74 Å². The van der Waals surface area contributed by atoms with Gasteiger partial charge < -0.3 is 24.8 Å². The van der Waals surface area contributed by atoms with E-state index in [0.29, 0.717) is 41.5 Å². The maximum atomic E-state index is 16.8. The molecule has 2 bridgehead atoms. The molecule has 0 spiro atoms. The Morgan fingerprint density at radius 3 is 2.66 bits per heavy atom. The van der Waals surface area contributed by atoms with Crippen molar-refractivity contribution in [2.45, 2.75) is 57.8 Å². The van der Waals surface area contributed by atoms with Crippen LogP contribution in [0.5, 0.6) is 11.8 Å². The van der Waals surface area contributed by atoms with Gasteiger partial charge in [0.2, 0.25) is 0 Å². The van der Waals surface area contributed by atoms with Crippen LogP contribution in [0.1, 0.15) is 33.6 Å². The molecule has 2 unspecified atom stereocenters. The lowest BCUT2D eigenvalue weighted by Gasteiger charge is -2.38. The maximum absolute atomic E-state index is 16.8. The summed E-state index contributed by atoms with van der Waals surface area (Å²) in [5.41, 5.74) is 0.868. The van der Waals surface area contributed by atoms with Gasteiger partial charge in [0.25, 0.3) is 0 Å². The standard InChI is InChI=1S/C34H39ClFN5O3/c1-19(13-40-14-21(3)43-18-20(40)2)17-44-34-38-32-28(33(39-34)41-15-23-8-9-24(16-41)37-23)12-29(35)30(31(32)36)27-11-25(42)10-22-6-4-5-7-26(22)27/h4-7,10-12,19-21,23-24,37,42H,8-9,13-18H2,1-3H3/t19-,20+,21-,23?,24?/m1/s1. The van der Waals surface area contributed by atoms with Crippen LogP contribution in [-0.4, -0.2) is 83.6 Å². The van der Waals surface area contributed by atoms with Crippen LogP contribution in [0.25, 0.3) is 32.8 Å². The monoisotopic (exact) mass is 619 g/mol. The molecule has 5 atom stereocenters. The number of hydrogen-bond acceptors (Lipinski definition) is 8. The first kappa shape index (κ1) is 29.5. The number of aromatic nitrogens is 2. The summed E-state index contributed by atoms with van der Waals surface area (Å²) in [5, 5.41) is 16.6. The van der Waals surface area contributed by atoms with Crippen molar-refractivity contribution < 1.29 is 19.0 Å². The van der Waals surface area contributed by atoms with Crippen LogP contribution in [0.2, 0.25) is 5.02 Å². The van der Waals surface area contributed by atoms with Gasteiger partial charge in [0.15, 0.2) is 5.82 Å². The molecule has 8 nitrogen and oxygen atoms in total. The Morgan fingerprint density at radius 2 is 1.86 bits per heavy atom. The van der Waals surface area contributed by atoms with E-state index in [-0.39, 0.29) is 39.9 Å². The van der Waals surface area contributed by atoms with Gasteiger partial charge in [-0.1, -0.05) is 42.8 Å². The number of nitrogens with zero attached hydrogens (tertiary/aromatic N) is 4. The van der Waals surface area contributed by atoms with Gasteiger partial charge >= 0.3 is 6.01 Å². The molecule has 3 saturated heterocycles. The molecule has 1 aromatic heterocycles. The number of morpholine rings is 1. The van der Waals surface area contributed by atoms with Gasteiger partial charge in [0, 0.05) is 61.2 Å². The summed E-state index contributed by atoms with van der Waals surface area (Å²) in [4.78, 5) is 14.2. The van der Waals surface area contributed by atoms with E-state index in [2.05, 4.69) is 40.9 Å². The second-order valence-corrected chi connectivity index (χ2v) is 13.3. The summed E-state index contributed by atoms with van der Waals surface area (Å²) < 4.78 is 28.8. The first-order valence-corrected chi connectivity index (χ1v) is 16.0. The largest absolute Gasteiger partial charge is 0.508 e. The molecule has 232 valence electrons. The molecule has 0 saturated carbocycles. The van der Waals surface area contributed by atoms with Gasteiger partial charge in [-0.05, 0) is 61.2 Å². The number of fused-ring (bicyclic) bond motifs is 4. The van der Waals surface area contributed by atoms with Gasteiger partial charge in [-0.15, -0.1) is 0 Å². The molecular formula is C34H39ClFN5O3. The van der Waals surface area contributed by atoms with Crippen molar-refractivity contribution in [2.75, 3.05) is 44.3 Å². The highest BCUT2D eigenvalue weighted by atomic mass is 35.5. The third kappa shape index (κ3) is 5.67. The minimum absolute atomic E-state index is 0.0379. The molecule has 4 aromatic rings. The third-order valence-corrected chi connectivity index (χ3v) is 9.55. The van der Waals surface area contributed by atoms with Crippen molar-refractivity contribution in [1.29, 1.82) is 0 Å². The molecule has 0 radical (unpaired) electrons. The number of nitrogens with one attached hydrogen (secondary N) is 1. The maximum Gasteiger partial charge on any atom is 0.319 e. The molecule has 44 heavy (non-hydrogen) atoms. The van der Waals surface area contributed by atoms with Crippen LogP contribution in [0.4, 0.5) is 10.2 Å². The highest BCUT2D eigenvalue weighted by Gasteiger charge is 2.34. The second-order valence-electron chi connectivity index (χ2n) is 12.9. The van der Waals surface area contributed by atoms with Crippen molar-refractivity contribution >= 4 is 39.1 Å². The predicted molar refractivity (Wildman–Crippen MR) is 172 cm³/mol. The Labute approximate surface area is 262 Å². The summed E-state index contributed by atoms with van der Waals surface area (Å²) >= 11 is 6.88. The lowest BCUT2D eigenvalue weighted by Crippen LogP contribution is -2.51. The van der Waals surface area contributed by atoms with E-state index in [9.17, 15) is 5.11 Å².